The molecule has 1 unspecified atom stereocenters. The van der Waals surface area contributed by atoms with Crippen LogP contribution in [0.3, 0.4) is 0 Å². The van der Waals surface area contributed by atoms with Crippen LogP contribution >= 0.6 is 0 Å². The number of amides is 2. The molecule has 1 aromatic carbocycles. The average molecular weight is 341 g/mol. The van der Waals surface area contributed by atoms with Crippen LogP contribution in [0.15, 0.2) is 24.3 Å². The molecule has 1 aromatic rings. The van der Waals surface area contributed by atoms with Gasteiger partial charge in [-0.1, -0.05) is 12.1 Å². The molecule has 0 radical (unpaired) electrons. The number of likely N-dealkylation sites (tertiary alicyclic amines) is 1. The van der Waals surface area contributed by atoms with Gasteiger partial charge in [-0.05, 0) is 68.3 Å². The van der Waals surface area contributed by atoms with Gasteiger partial charge in [0.05, 0.1) is 0 Å². The molecule has 3 fully saturated rings. The van der Waals surface area contributed by atoms with Crippen LogP contribution in [0.25, 0.3) is 0 Å². The zero-order valence-corrected chi connectivity index (χ0v) is 14.7. The Morgan fingerprint density at radius 2 is 2.12 bits per heavy atom. The first-order valence-corrected chi connectivity index (χ1v) is 9.55. The quantitative estimate of drug-likeness (QED) is 0.885. The minimum absolute atomic E-state index is 0.160. The zero-order chi connectivity index (χ0) is 17.3. The van der Waals surface area contributed by atoms with Crippen molar-refractivity contribution in [1.29, 1.82) is 0 Å². The van der Waals surface area contributed by atoms with E-state index in [9.17, 15) is 9.59 Å². The molecule has 1 atom stereocenters. The summed E-state index contributed by atoms with van der Waals surface area (Å²) < 4.78 is 0. The van der Waals surface area contributed by atoms with Crippen molar-refractivity contribution >= 4 is 17.5 Å². The van der Waals surface area contributed by atoms with E-state index in [0.717, 1.165) is 63.0 Å². The summed E-state index contributed by atoms with van der Waals surface area (Å²) in [6.07, 6.45) is 6.01. The maximum absolute atomic E-state index is 12.6. The first kappa shape index (κ1) is 16.6. The molecule has 0 aromatic heterocycles. The van der Waals surface area contributed by atoms with E-state index in [2.05, 4.69) is 10.6 Å². The number of carbonyl (C=O) groups excluding carboxylic acids is 2. The molecule has 2 amide bonds. The third kappa shape index (κ3) is 3.56. The van der Waals surface area contributed by atoms with Gasteiger partial charge in [-0.15, -0.1) is 0 Å². The first-order chi connectivity index (χ1) is 12.2. The normalized spacial score (nSPS) is 25.0. The van der Waals surface area contributed by atoms with E-state index in [4.69, 9.17) is 0 Å². The molecule has 4 rings (SSSR count). The smallest absolute Gasteiger partial charge is 0.228 e. The second-order valence-corrected chi connectivity index (χ2v) is 7.83. The molecule has 1 saturated carbocycles. The minimum Gasteiger partial charge on any atom is -0.338 e. The summed E-state index contributed by atoms with van der Waals surface area (Å²) in [7, 11) is 0. The summed E-state index contributed by atoms with van der Waals surface area (Å²) >= 11 is 0. The van der Waals surface area contributed by atoms with Crippen LogP contribution in [-0.2, 0) is 16.1 Å². The van der Waals surface area contributed by atoms with Gasteiger partial charge in [0.15, 0.2) is 0 Å². The van der Waals surface area contributed by atoms with E-state index in [1.165, 1.54) is 0 Å². The SMILES string of the molecule is O=C(Nc1cccc(CN2CCCCC2=O)c1)C1CC12CCNCC2. The van der Waals surface area contributed by atoms with E-state index in [0.29, 0.717) is 13.0 Å². The lowest BCUT2D eigenvalue weighted by molar-refractivity contribution is -0.133. The summed E-state index contributed by atoms with van der Waals surface area (Å²) in [6.45, 7) is 3.54. The molecule has 0 bridgehead atoms. The molecule has 2 aliphatic heterocycles. The number of rotatable bonds is 4. The summed E-state index contributed by atoms with van der Waals surface area (Å²) in [5, 5.41) is 6.48. The maximum Gasteiger partial charge on any atom is 0.228 e. The lowest BCUT2D eigenvalue weighted by Crippen LogP contribution is -2.34. The summed E-state index contributed by atoms with van der Waals surface area (Å²) in [5.41, 5.74) is 2.19. The van der Waals surface area contributed by atoms with Crippen molar-refractivity contribution in [3.05, 3.63) is 29.8 Å². The van der Waals surface area contributed by atoms with Crippen molar-refractivity contribution in [2.75, 3.05) is 25.0 Å². The minimum atomic E-state index is 0.160. The van der Waals surface area contributed by atoms with Crippen LogP contribution in [0.1, 0.15) is 44.1 Å². The van der Waals surface area contributed by atoms with Crippen molar-refractivity contribution < 1.29 is 9.59 Å². The molecule has 1 aliphatic carbocycles. The zero-order valence-electron chi connectivity index (χ0n) is 14.7. The van der Waals surface area contributed by atoms with Crippen molar-refractivity contribution in [1.82, 2.24) is 10.2 Å². The third-order valence-corrected chi connectivity index (χ3v) is 6.09. The second-order valence-electron chi connectivity index (χ2n) is 7.83. The van der Waals surface area contributed by atoms with Crippen molar-refractivity contribution in [2.45, 2.75) is 45.1 Å². The maximum atomic E-state index is 12.6. The highest BCUT2D eigenvalue weighted by Crippen LogP contribution is 2.58. The summed E-state index contributed by atoms with van der Waals surface area (Å²) in [4.78, 5) is 26.5. The van der Waals surface area contributed by atoms with E-state index < -0.39 is 0 Å². The fourth-order valence-corrected chi connectivity index (χ4v) is 4.42. The number of piperidine rings is 2. The van der Waals surface area contributed by atoms with Crippen LogP contribution in [-0.4, -0.2) is 36.3 Å². The van der Waals surface area contributed by atoms with E-state index in [1.54, 1.807) is 0 Å². The van der Waals surface area contributed by atoms with Gasteiger partial charge in [-0.25, -0.2) is 0 Å². The van der Waals surface area contributed by atoms with Crippen molar-refractivity contribution in [3.63, 3.8) is 0 Å². The van der Waals surface area contributed by atoms with Gasteiger partial charge >= 0.3 is 0 Å². The Hall–Kier alpha value is -1.88. The third-order valence-electron chi connectivity index (χ3n) is 6.09. The fourth-order valence-electron chi connectivity index (χ4n) is 4.42. The van der Waals surface area contributed by atoms with Gasteiger partial charge in [-0.3, -0.25) is 9.59 Å². The number of nitrogens with zero attached hydrogens (tertiary/aromatic N) is 1. The Bertz CT molecular complexity index is 667. The Kier molecular flexibility index (Phi) is 4.50. The number of benzene rings is 1. The highest BCUT2D eigenvalue weighted by molar-refractivity contribution is 5.95. The largest absolute Gasteiger partial charge is 0.338 e. The number of hydrogen-bond donors (Lipinski definition) is 2. The van der Waals surface area contributed by atoms with E-state index >= 15 is 0 Å². The van der Waals surface area contributed by atoms with Crippen LogP contribution in [0.2, 0.25) is 0 Å². The molecular weight excluding hydrogens is 314 g/mol. The van der Waals surface area contributed by atoms with Gasteiger partial charge in [0, 0.05) is 31.1 Å². The average Bonchev–Trinajstić information content (AvgIpc) is 3.31. The van der Waals surface area contributed by atoms with Crippen LogP contribution in [0.4, 0.5) is 5.69 Å². The predicted octanol–water partition coefficient (Wildman–Crippen LogP) is 2.53. The van der Waals surface area contributed by atoms with Crippen LogP contribution in [0.5, 0.6) is 0 Å². The van der Waals surface area contributed by atoms with Gasteiger partial charge in [-0.2, -0.15) is 0 Å². The molecule has 2 N–H and O–H groups in total. The van der Waals surface area contributed by atoms with Gasteiger partial charge in [0.2, 0.25) is 11.8 Å². The molecular formula is C20H27N3O2. The fraction of sp³-hybridized carbons (Fsp3) is 0.600. The molecule has 5 heteroatoms. The molecule has 3 aliphatic rings. The number of nitrogens with one attached hydrogen (secondary N) is 2. The van der Waals surface area contributed by atoms with Gasteiger partial charge in [0.25, 0.3) is 0 Å². The Morgan fingerprint density at radius 1 is 1.28 bits per heavy atom. The lowest BCUT2D eigenvalue weighted by atomic mass is 9.92. The second kappa shape index (κ2) is 6.79. The Morgan fingerprint density at radius 3 is 2.92 bits per heavy atom. The highest BCUT2D eigenvalue weighted by atomic mass is 16.2. The van der Waals surface area contributed by atoms with E-state index in [-0.39, 0.29) is 23.1 Å². The molecule has 2 saturated heterocycles. The van der Waals surface area contributed by atoms with Crippen molar-refractivity contribution in [3.8, 4) is 0 Å². The molecule has 25 heavy (non-hydrogen) atoms. The van der Waals surface area contributed by atoms with E-state index in [1.807, 2.05) is 29.2 Å². The topological polar surface area (TPSA) is 61.4 Å². The molecule has 1 spiro atoms. The Labute approximate surface area is 149 Å². The first-order valence-electron chi connectivity index (χ1n) is 9.55. The Balaban J connectivity index is 1.37. The number of hydrogen-bond acceptors (Lipinski definition) is 3. The van der Waals surface area contributed by atoms with Gasteiger partial charge < -0.3 is 15.5 Å². The molecule has 5 nitrogen and oxygen atoms in total. The molecule has 2 heterocycles. The highest BCUT2D eigenvalue weighted by Gasteiger charge is 2.57. The number of anilines is 1. The van der Waals surface area contributed by atoms with Gasteiger partial charge in [0.1, 0.15) is 0 Å². The summed E-state index contributed by atoms with van der Waals surface area (Å²) in [5.74, 6) is 0.571. The summed E-state index contributed by atoms with van der Waals surface area (Å²) in [6, 6.07) is 7.95. The molecule has 134 valence electrons. The lowest BCUT2D eigenvalue weighted by Gasteiger charge is -2.27. The van der Waals surface area contributed by atoms with Crippen molar-refractivity contribution in [2.24, 2.45) is 11.3 Å². The van der Waals surface area contributed by atoms with Crippen LogP contribution < -0.4 is 10.6 Å². The standard InChI is InChI=1S/C20H27N3O2/c24-18-6-1-2-11-23(18)14-15-4-3-5-16(12-15)22-19(25)17-13-20(17)7-9-21-10-8-20/h3-5,12,17,21H,1-2,6-11,13-14H2,(H,22,25). The monoisotopic (exact) mass is 341 g/mol. The van der Waals surface area contributed by atoms with Crippen LogP contribution in [0, 0.1) is 11.3 Å². The predicted molar refractivity (Wildman–Crippen MR) is 97.0 cm³/mol. The number of carbonyl (C=O) groups is 2.